The van der Waals surface area contributed by atoms with Crippen LogP contribution in [0.2, 0.25) is 0 Å². The Bertz CT molecular complexity index is 714. The Morgan fingerprint density at radius 3 is 2.71 bits per heavy atom. The Hall–Kier alpha value is -1.86. The lowest BCUT2D eigenvalue weighted by molar-refractivity contribution is -0.135. The van der Waals surface area contributed by atoms with Crippen LogP contribution in [0.4, 0.5) is 4.79 Å². The van der Waals surface area contributed by atoms with Gasteiger partial charge in [0.15, 0.2) is 0 Å². The maximum absolute atomic E-state index is 12.1. The van der Waals surface area contributed by atoms with Crippen molar-refractivity contribution in [2.45, 2.75) is 19.1 Å². The highest BCUT2D eigenvalue weighted by Crippen LogP contribution is 2.21. The van der Waals surface area contributed by atoms with Crippen LogP contribution in [0.1, 0.15) is 10.4 Å². The minimum absolute atomic E-state index is 0.0349. The van der Waals surface area contributed by atoms with E-state index in [2.05, 4.69) is 21.2 Å². The van der Waals surface area contributed by atoms with Crippen molar-refractivity contribution in [1.82, 2.24) is 10.2 Å². The fourth-order valence-electron chi connectivity index (χ4n) is 2.41. The van der Waals surface area contributed by atoms with Gasteiger partial charge in [-0.05, 0) is 27.6 Å². The van der Waals surface area contributed by atoms with Gasteiger partial charge < -0.3 is 15.0 Å². The molecular formula is C17H17BrN2O3S. The van der Waals surface area contributed by atoms with Gasteiger partial charge in [0, 0.05) is 27.8 Å². The van der Waals surface area contributed by atoms with E-state index < -0.39 is 6.09 Å². The van der Waals surface area contributed by atoms with Crippen molar-refractivity contribution in [3.8, 4) is 0 Å². The van der Waals surface area contributed by atoms with Gasteiger partial charge in [0.1, 0.15) is 6.61 Å². The highest BCUT2D eigenvalue weighted by molar-refractivity contribution is 9.10. The first-order valence-corrected chi connectivity index (χ1v) is 9.25. The number of nitrogens with zero attached hydrogens (tertiary/aromatic N) is 1. The zero-order chi connectivity index (χ0) is 16.9. The maximum atomic E-state index is 12.1. The molecule has 0 spiro atoms. The number of benzene rings is 1. The summed E-state index contributed by atoms with van der Waals surface area (Å²) in [4.78, 5) is 26.6. The number of likely N-dealkylation sites (tertiary alicyclic amines) is 1. The van der Waals surface area contributed by atoms with Crippen LogP contribution < -0.4 is 5.32 Å². The van der Waals surface area contributed by atoms with Crippen molar-refractivity contribution >= 4 is 39.3 Å². The van der Waals surface area contributed by atoms with Crippen LogP contribution in [0.15, 0.2) is 46.3 Å². The number of halogens is 1. The Labute approximate surface area is 152 Å². The quantitative estimate of drug-likeness (QED) is 0.826. The lowest BCUT2D eigenvalue weighted by Gasteiger charge is -2.39. The number of nitrogens with one attached hydrogen (secondary N) is 1. The molecular weight excluding hydrogens is 392 g/mol. The van der Waals surface area contributed by atoms with Crippen LogP contribution in [-0.4, -0.2) is 36.0 Å². The van der Waals surface area contributed by atoms with Crippen LogP contribution in [-0.2, 0) is 22.6 Å². The lowest BCUT2D eigenvalue weighted by Crippen LogP contribution is -2.61. The molecule has 0 radical (unpaired) electrons. The van der Waals surface area contributed by atoms with E-state index in [1.165, 1.54) is 0 Å². The Morgan fingerprint density at radius 2 is 2.04 bits per heavy atom. The van der Waals surface area contributed by atoms with E-state index in [1.54, 1.807) is 16.2 Å². The standard InChI is InChI=1S/C17H17BrN2O3S/c18-13-6-15(24-11-13)7-16(21)20-8-14(9-20)19-17(22)23-10-12-4-2-1-3-5-12/h1-6,11,14H,7-10H2,(H,19,22). The summed E-state index contributed by atoms with van der Waals surface area (Å²) in [5.74, 6) is 0.0834. The molecule has 1 saturated heterocycles. The minimum atomic E-state index is -0.446. The summed E-state index contributed by atoms with van der Waals surface area (Å²) in [6.45, 7) is 1.31. The van der Waals surface area contributed by atoms with E-state index >= 15 is 0 Å². The van der Waals surface area contributed by atoms with Crippen molar-refractivity contribution in [1.29, 1.82) is 0 Å². The molecule has 7 heteroatoms. The molecule has 1 aliphatic heterocycles. The second kappa shape index (κ2) is 7.81. The van der Waals surface area contributed by atoms with E-state index in [0.717, 1.165) is 14.9 Å². The molecule has 0 bridgehead atoms. The molecule has 1 N–H and O–H groups in total. The van der Waals surface area contributed by atoms with Gasteiger partial charge in [0.2, 0.25) is 5.91 Å². The molecule has 5 nitrogen and oxygen atoms in total. The van der Waals surface area contributed by atoms with Gasteiger partial charge in [-0.2, -0.15) is 0 Å². The van der Waals surface area contributed by atoms with Crippen LogP contribution in [0, 0.1) is 0 Å². The fourth-order valence-corrected chi connectivity index (χ4v) is 3.85. The number of rotatable bonds is 5. The summed E-state index contributed by atoms with van der Waals surface area (Å²) in [6, 6.07) is 11.4. The van der Waals surface area contributed by atoms with E-state index in [1.807, 2.05) is 41.8 Å². The van der Waals surface area contributed by atoms with E-state index in [0.29, 0.717) is 19.5 Å². The number of carbonyl (C=O) groups is 2. The van der Waals surface area contributed by atoms with Gasteiger partial charge in [-0.15, -0.1) is 11.3 Å². The highest BCUT2D eigenvalue weighted by Gasteiger charge is 2.32. The smallest absolute Gasteiger partial charge is 0.407 e. The van der Waals surface area contributed by atoms with E-state index in [4.69, 9.17) is 4.74 Å². The van der Waals surface area contributed by atoms with Crippen molar-refractivity contribution < 1.29 is 14.3 Å². The van der Waals surface area contributed by atoms with Gasteiger partial charge in [-0.25, -0.2) is 4.79 Å². The zero-order valence-electron chi connectivity index (χ0n) is 12.9. The first-order chi connectivity index (χ1) is 11.6. The third-order valence-electron chi connectivity index (χ3n) is 3.72. The van der Waals surface area contributed by atoms with Gasteiger partial charge in [-0.3, -0.25) is 4.79 Å². The van der Waals surface area contributed by atoms with Crippen molar-refractivity contribution in [2.75, 3.05) is 13.1 Å². The van der Waals surface area contributed by atoms with Crippen LogP contribution >= 0.6 is 27.3 Å². The first-order valence-electron chi connectivity index (χ1n) is 7.58. The highest BCUT2D eigenvalue weighted by atomic mass is 79.9. The third-order valence-corrected chi connectivity index (χ3v) is 5.41. The normalized spacial score (nSPS) is 14.1. The summed E-state index contributed by atoms with van der Waals surface area (Å²) < 4.78 is 6.17. The van der Waals surface area contributed by atoms with Crippen LogP contribution in [0.3, 0.4) is 0 Å². The molecule has 1 aromatic carbocycles. The zero-order valence-corrected chi connectivity index (χ0v) is 15.3. The Balaban J connectivity index is 1.35. The molecule has 2 amide bonds. The molecule has 0 saturated carbocycles. The molecule has 0 unspecified atom stereocenters. The summed E-state index contributed by atoms with van der Waals surface area (Å²) in [7, 11) is 0. The Kier molecular flexibility index (Phi) is 5.52. The maximum Gasteiger partial charge on any atom is 0.407 e. The number of alkyl carbamates (subject to hydrolysis) is 1. The second-order valence-electron chi connectivity index (χ2n) is 5.61. The molecule has 2 aromatic rings. The molecule has 0 atom stereocenters. The second-order valence-corrected chi connectivity index (χ2v) is 7.52. The molecule has 0 aliphatic carbocycles. The minimum Gasteiger partial charge on any atom is -0.445 e. The average Bonchev–Trinajstić information content (AvgIpc) is 2.94. The van der Waals surface area contributed by atoms with E-state index in [-0.39, 0.29) is 18.6 Å². The van der Waals surface area contributed by atoms with Crippen LogP contribution in [0.5, 0.6) is 0 Å². The van der Waals surface area contributed by atoms with Crippen molar-refractivity contribution in [3.05, 3.63) is 56.7 Å². The third kappa shape index (κ3) is 4.58. The number of carbonyl (C=O) groups excluding carboxylic acids is 2. The first kappa shape index (κ1) is 17.0. The van der Waals surface area contributed by atoms with Crippen molar-refractivity contribution in [2.24, 2.45) is 0 Å². The van der Waals surface area contributed by atoms with Gasteiger partial charge >= 0.3 is 6.09 Å². The molecule has 3 rings (SSSR count). The number of ether oxygens (including phenoxy) is 1. The Morgan fingerprint density at radius 1 is 1.29 bits per heavy atom. The monoisotopic (exact) mass is 408 g/mol. The van der Waals surface area contributed by atoms with Gasteiger partial charge in [0.25, 0.3) is 0 Å². The van der Waals surface area contributed by atoms with Crippen LogP contribution in [0.25, 0.3) is 0 Å². The average molecular weight is 409 g/mol. The SMILES string of the molecule is O=C(NC1CN(C(=O)Cc2cc(Br)cs2)C1)OCc1ccccc1. The van der Waals surface area contributed by atoms with Gasteiger partial charge in [0.05, 0.1) is 12.5 Å². The lowest BCUT2D eigenvalue weighted by atomic mass is 10.1. The molecule has 2 heterocycles. The summed E-state index contributed by atoms with van der Waals surface area (Å²) in [5, 5.41) is 4.74. The predicted octanol–water partition coefficient (Wildman–Crippen LogP) is 3.19. The summed E-state index contributed by atoms with van der Waals surface area (Å²) in [6.07, 6.45) is -0.0420. The number of thiophene rings is 1. The molecule has 1 aromatic heterocycles. The molecule has 126 valence electrons. The number of hydrogen-bond acceptors (Lipinski definition) is 4. The fraction of sp³-hybridized carbons (Fsp3) is 0.294. The molecule has 1 fully saturated rings. The summed E-state index contributed by atoms with van der Waals surface area (Å²) >= 11 is 4.94. The summed E-state index contributed by atoms with van der Waals surface area (Å²) in [5.41, 5.74) is 0.945. The predicted molar refractivity (Wildman–Crippen MR) is 95.9 cm³/mol. The van der Waals surface area contributed by atoms with E-state index in [9.17, 15) is 9.59 Å². The number of hydrogen-bond donors (Lipinski definition) is 1. The topological polar surface area (TPSA) is 58.6 Å². The van der Waals surface area contributed by atoms with Gasteiger partial charge in [-0.1, -0.05) is 30.3 Å². The largest absolute Gasteiger partial charge is 0.445 e. The molecule has 1 aliphatic rings. The number of amides is 2. The molecule has 24 heavy (non-hydrogen) atoms. The van der Waals surface area contributed by atoms with Crippen molar-refractivity contribution in [3.63, 3.8) is 0 Å².